The van der Waals surface area contributed by atoms with E-state index in [0.717, 1.165) is 55.6 Å². The SMILES string of the molecule is C=Nc1c(NCc2ccc(-c3ccccc3O)nc2)nc(NC2CCC(N)CC2)nc1N(C)C1CCCC1. The third-order valence-corrected chi connectivity index (χ3v) is 7.80. The van der Waals surface area contributed by atoms with E-state index in [-0.39, 0.29) is 11.8 Å². The summed E-state index contributed by atoms with van der Waals surface area (Å²) in [6.07, 6.45) is 10.6. The smallest absolute Gasteiger partial charge is 0.226 e. The van der Waals surface area contributed by atoms with Crippen LogP contribution in [0.3, 0.4) is 0 Å². The molecule has 2 aromatic heterocycles. The number of rotatable bonds is 9. The first kappa shape index (κ1) is 25.9. The maximum atomic E-state index is 10.1. The Kier molecular flexibility index (Phi) is 8.03. The summed E-state index contributed by atoms with van der Waals surface area (Å²) in [5.41, 5.74) is 9.20. The Hall–Kier alpha value is -3.72. The summed E-state index contributed by atoms with van der Waals surface area (Å²) < 4.78 is 0. The summed E-state index contributed by atoms with van der Waals surface area (Å²) in [4.78, 5) is 21.0. The predicted molar refractivity (Wildman–Crippen MR) is 154 cm³/mol. The van der Waals surface area contributed by atoms with Crippen LogP contribution in [-0.2, 0) is 6.54 Å². The number of anilines is 3. The van der Waals surface area contributed by atoms with Crippen LogP contribution in [0.15, 0.2) is 47.6 Å². The molecule has 0 amide bonds. The van der Waals surface area contributed by atoms with Gasteiger partial charge >= 0.3 is 0 Å². The number of pyridine rings is 1. The number of phenols is 1. The van der Waals surface area contributed by atoms with Gasteiger partial charge in [0.05, 0.1) is 5.69 Å². The first-order chi connectivity index (χ1) is 18.5. The fraction of sp³-hybridized carbons (Fsp3) is 0.448. The van der Waals surface area contributed by atoms with Crippen LogP contribution in [0, 0.1) is 0 Å². The quantitative estimate of drug-likeness (QED) is 0.285. The number of nitrogens with zero attached hydrogens (tertiary/aromatic N) is 5. The third-order valence-electron chi connectivity index (χ3n) is 7.80. The minimum Gasteiger partial charge on any atom is -0.507 e. The molecule has 2 heterocycles. The van der Waals surface area contributed by atoms with Gasteiger partial charge in [-0.25, -0.2) is 0 Å². The standard InChI is InChI=1S/C29H38N8O/c1-31-26-27(33-18-19-11-16-24(32-17-19)23-9-5-6-10-25(23)38)35-29(34-21-14-12-20(30)13-15-21)36-28(26)37(2)22-7-3-4-8-22/h5-6,9-11,16-17,20-22,38H,1,3-4,7-8,12-15,18,30H2,2H3,(H2,33,34,35,36). The van der Waals surface area contributed by atoms with E-state index in [1.165, 1.54) is 12.8 Å². The minimum absolute atomic E-state index is 0.215. The summed E-state index contributed by atoms with van der Waals surface area (Å²) >= 11 is 0. The van der Waals surface area contributed by atoms with Crippen molar-refractivity contribution < 1.29 is 5.11 Å². The molecular weight excluding hydrogens is 476 g/mol. The highest BCUT2D eigenvalue weighted by atomic mass is 16.3. The number of nitrogens with two attached hydrogens (primary N) is 1. The second-order valence-electron chi connectivity index (χ2n) is 10.5. The maximum absolute atomic E-state index is 10.1. The molecule has 38 heavy (non-hydrogen) atoms. The van der Waals surface area contributed by atoms with E-state index in [1.807, 2.05) is 30.5 Å². The van der Waals surface area contributed by atoms with Crippen molar-refractivity contribution in [2.24, 2.45) is 10.7 Å². The number of aliphatic imine (C=N–C) groups is 1. The van der Waals surface area contributed by atoms with Crippen molar-refractivity contribution in [1.82, 2.24) is 15.0 Å². The van der Waals surface area contributed by atoms with Crippen LogP contribution >= 0.6 is 0 Å². The first-order valence-electron chi connectivity index (χ1n) is 13.6. The van der Waals surface area contributed by atoms with Gasteiger partial charge in [-0.3, -0.25) is 9.98 Å². The summed E-state index contributed by atoms with van der Waals surface area (Å²) in [6, 6.07) is 12.2. The molecule has 9 heteroatoms. The van der Waals surface area contributed by atoms with Crippen molar-refractivity contribution in [3.63, 3.8) is 0 Å². The molecular formula is C29H38N8O. The number of aromatic nitrogens is 3. The van der Waals surface area contributed by atoms with Gasteiger partial charge in [-0.2, -0.15) is 9.97 Å². The maximum Gasteiger partial charge on any atom is 0.226 e. The van der Waals surface area contributed by atoms with E-state index >= 15 is 0 Å². The number of aromatic hydroxyl groups is 1. The molecule has 2 aliphatic rings. The predicted octanol–water partition coefficient (Wildman–Crippen LogP) is 5.25. The lowest BCUT2D eigenvalue weighted by molar-refractivity contribution is 0.410. The molecule has 0 atom stereocenters. The van der Waals surface area contributed by atoms with Gasteiger partial charge in [0.1, 0.15) is 11.4 Å². The van der Waals surface area contributed by atoms with Crippen molar-refractivity contribution in [1.29, 1.82) is 0 Å². The molecule has 0 bridgehead atoms. The summed E-state index contributed by atoms with van der Waals surface area (Å²) in [6.45, 7) is 4.37. The van der Waals surface area contributed by atoms with Crippen LogP contribution in [0.1, 0.15) is 56.9 Å². The highest BCUT2D eigenvalue weighted by Crippen LogP contribution is 2.38. The zero-order chi connectivity index (χ0) is 26.5. The van der Waals surface area contributed by atoms with Gasteiger partial charge in [0.2, 0.25) is 5.95 Å². The number of nitrogens with one attached hydrogen (secondary N) is 2. The average molecular weight is 515 g/mol. The average Bonchev–Trinajstić information content (AvgIpc) is 3.48. The van der Waals surface area contributed by atoms with Gasteiger partial charge < -0.3 is 26.4 Å². The van der Waals surface area contributed by atoms with E-state index in [1.54, 1.807) is 12.1 Å². The van der Waals surface area contributed by atoms with Crippen molar-refractivity contribution in [3.05, 3.63) is 48.2 Å². The topological polar surface area (TPSA) is 125 Å². The van der Waals surface area contributed by atoms with Gasteiger partial charge in [0.25, 0.3) is 0 Å². The number of para-hydroxylation sites is 1. The molecule has 9 nitrogen and oxygen atoms in total. The van der Waals surface area contributed by atoms with Crippen LogP contribution in [0.4, 0.5) is 23.3 Å². The molecule has 0 unspecified atom stereocenters. The number of benzene rings is 1. The van der Waals surface area contributed by atoms with Gasteiger partial charge in [0.15, 0.2) is 11.6 Å². The second kappa shape index (κ2) is 11.8. The molecule has 0 aliphatic heterocycles. The Balaban J connectivity index is 1.38. The zero-order valence-corrected chi connectivity index (χ0v) is 22.1. The number of hydrogen-bond donors (Lipinski definition) is 4. The molecule has 0 saturated heterocycles. The Labute approximate surface area is 224 Å². The van der Waals surface area contributed by atoms with Crippen LogP contribution in [0.5, 0.6) is 5.75 Å². The molecule has 2 saturated carbocycles. The largest absolute Gasteiger partial charge is 0.507 e. The summed E-state index contributed by atoms with van der Waals surface area (Å²) in [5, 5.41) is 17.2. The number of phenolic OH excluding ortho intramolecular Hbond substituents is 1. The van der Waals surface area contributed by atoms with Crippen molar-refractivity contribution >= 4 is 30.0 Å². The lowest BCUT2D eigenvalue weighted by atomic mass is 9.92. The fourth-order valence-electron chi connectivity index (χ4n) is 5.50. The normalized spacial score (nSPS) is 19.7. The molecule has 5 N–H and O–H groups in total. The Bertz CT molecular complexity index is 1230. The van der Waals surface area contributed by atoms with Crippen molar-refractivity contribution in [2.45, 2.75) is 76.0 Å². The van der Waals surface area contributed by atoms with E-state index in [9.17, 15) is 5.11 Å². The van der Waals surface area contributed by atoms with Crippen LogP contribution in [-0.4, -0.2) is 51.9 Å². The zero-order valence-electron chi connectivity index (χ0n) is 22.1. The van der Waals surface area contributed by atoms with E-state index in [4.69, 9.17) is 15.7 Å². The lowest BCUT2D eigenvalue weighted by Crippen LogP contribution is -2.34. The lowest BCUT2D eigenvalue weighted by Gasteiger charge is -2.29. The second-order valence-corrected chi connectivity index (χ2v) is 10.5. The minimum atomic E-state index is 0.215. The van der Waals surface area contributed by atoms with Gasteiger partial charge in [-0.15, -0.1) is 0 Å². The Morgan fingerprint density at radius 1 is 1.05 bits per heavy atom. The number of hydrogen-bond acceptors (Lipinski definition) is 9. The Morgan fingerprint density at radius 2 is 1.82 bits per heavy atom. The molecule has 2 aliphatic carbocycles. The van der Waals surface area contributed by atoms with Crippen molar-refractivity contribution in [3.8, 4) is 17.0 Å². The first-order valence-corrected chi connectivity index (χ1v) is 13.6. The van der Waals surface area contributed by atoms with E-state index in [0.29, 0.717) is 41.6 Å². The van der Waals surface area contributed by atoms with Gasteiger partial charge in [-0.1, -0.05) is 31.0 Å². The molecule has 3 aromatic rings. The highest BCUT2D eigenvalue weighted by molar-refractivity contribution is 5.78. The monoisotopic (exact) mass is 514 g/mol. The van der Waals surface area contributed by atoms with Gasteiger partial charge in [0, 0.05) is 43.5 Å². The third kappa shape index (κ3) is 5.88. The Morgan fingerprint density at radius 3 is 2.50 bits per heavy atom. The molecule has 5 rings (SSSR count). The van der Waals surface area contributed by atoms with Crippen molar-refractivity contribution in [2.75, 3.05) is 22.6 Å². The molecule has 0 radical (unpaired) electrons. The molecule has 200 valence electrons. The highest BCUT2D eigenvalue weighted by Gasteiger charge is 2.26. The van der Waals surface area contributed by atoms with E-state index in [2.05, 4.69) is 39.3 Å². The molecule has 2 fully saturated rings. The summed E-state index contributed by atoms with van der Waals surface area (Å²) in [7, 11) is 2.10. The van der Waals surface area contributed by atoms with E-state index < -0.39 is 0 Å². The van der Waals surface area contributed by atoms with Crippen LogP contribution in [0.25, 0.3) is 11.3 Å². The molecule has 1 aromatic carbocycles. The summed E-state index contributed by atoms with van der Waals surface area (Å²) in [5.74, 6) is 2.27. The van der Waals surface area contributed by atoms with Gasteiger partial charge in [-0.05, 0) is 69.0 Å². The fourth-order valence-corrected chi connectivity index (χ4v) is 5.50. The van der Waals surface area contributed by atoms with Crippen LogP contribution < -0.4 is 21.3 Å². The van der Waals surface area contributed by atoms with Crippen LogP contribution in [0.2, 0.25) is 0 Å². The molecule has 0 spiro atoms.